The Labute approximate surface area is 157 Å². The Morgan fingerprint density at radius 2 is 1.92 bits per heavy atom. The molecule has 4 heteroatoms. The van der Waals surface area contributed by atoms with Gasteiger partial charge in [0, 0.05) is 19.3 Å². The molecule has 2 aliphatic rings. The summed E-state index contributed by atoms with van der Waals surface area (Å²) in [6.45, 7) is 2.16. The molecule has 0 aromatic carbocycles. The lowest BCUT2D eigenvalue weighted by Gasteiger charge is -2.11. The zero-order valence-corrected chi connectivity index (χ0v) is 15.8. The molecule has 2 bridgehead atoms. The SMILES string of the molecule is NC(=O)OC1/C=C/CCCCCCC2=CCC=[N+](CC/C=C/C=C/C1)C2. The Hall–Kier alpha value is -2.10. The predicted octanol–water partition coefficient (Wildman–Crippen LogP) is 4.67. The molecule has 2 heterocycles. The van der Waals surface area contributed by atoms with Crippen molar-refractivity contribution in [2.24, 2.45) is 5.73 Å². The van der Waals surface area contributed by atoms with Crippen molar-refractivity contribution in [1.29, 1.82) is 0 Å². The first-order chi connectivity index (χ1) is 12.7. The number of hydrogen-bond acceptors (Lipinski definition) is 2. The van der Waals surface area contributed by atoms with E-state index in [4.69, 9.17) is 10.5 Å². The van der Waals surface area contributed by atoms with Crippen LogP contribution in [-0.4, -0.2) is 36.1 Å². The maximum absolute atomic E-state index is 11.0. The average Bonchev–Trinajstić information content (AvgIpc) is 2.62. The van der Waals surface area contributed by atoms with Gasteiger partial charge in [0.15, 0.2) is 6.54 Å². The van der Waals surface area contributed by atoms with Gasteiger partial charge >= 0.3 is 6.09 Å². The number of ether oxygens (including phenoxy) is 1. The highest BCUT2D eigenvalue weighted by atomic mass is 16.6. The van der Waals surface area contributed by atoms with Gasteiger partial charge in [-0.1, -0.05) is 49.3 Å². The van der Waals surface area contributed by atoms with Crippen LogP contribution < -0.4 is 5.73 Å². The number of carbonyl (C=O) groups excluding carboxylic acids is 1. The Balaban J connectivity index is 1.91. The molecule has 1 amide bonds. The van der Waals surface area contributed by atoms with Crippen molar-refractivity contribution in [2.75, 3.05) is 13.1 Å². The number of primary amides is 1. The highest BCUT2D eigenvalue weighted by Crippen LogP contribution is 2.15. The molecule has 0 spiro atoms. The van der Waals surface area contributed by atoms with E-state index >= 15 is 0 Å². The second kappa shape index (κ2) is 12.3. The monoisotopic (exact) mass is 357 g/mol. The van der Waals surface area contributed by atoms with Gasteiger partial charge in [0.25, 0.3) is 0 Å². The van der Waals surface area contributed by atoms with Crippen LogP contribution in [0, 0.1) is 0 Å². The van der Waals surface area contributed by atoms with Gasteiger partial charge in [-0.05, 0) is 37.3 Å². The topological polar surface area (TPSA) is 55.3 Å². The van der Waals surface area contributed by atoms with E-state index in [2.05, 4.69) is 35.1 Å². The minimum Gasteiger partial charge on any atom is -0.442 e. The molecule has 0 radical (unpaired) electrons. The molecule has 0 aliphatic carbocycles. The van der Waals surface area contributed by atoms with E-state index in [-0.39, 0.29) is 6.10 Å². The molecule has 0 aromatic heterocycles. The molecule has 2 aliphatic heterocycles. The zero-order chi connectivity index (χ0) is 18.5. The molecule has 4 nitrogen and oxygen atoms in total. The third-order valence-electron chi connectivity index (χ3n) is 4.75. The second-order valence-electron chi connectivity index (χ2n) is 6.99. The van der Waals surface area contributed by atoms with Crippen molar-refractivity contribution >= 4 is 12.3 Å². The van der Waals surface area contributed by atoms with Crippen LogP contribution >= 0.6 is 0 Å². The number of amides is 1. The first-order valence-electron chi connectivity index (χ1n) is 9.94. The summed E-state index contributed by atoms with van der Waals surface area (Å²) in [5, 5.41) is 0. The Morgan fingerprint density at radius 1 is 1.08 bits per heavy atom. The molecule has 2 rings (SSSR count). The van der Waals surface area contributed by atoms with Crippen LogP contribution in [-0.2, 0) is 4.74 Å². The summed E-state index contributed by atoms with van der Waals surface area (Å²) in [5.41, 5.74) is 6.76. The minimum atomic E-state index is -0.715. The number of rotatable bonds is 1. The maximum atomic E-state index is 11.0. The number of nitrogens with zero attached hydrogens (tertiary/aromatic N) is 1. The average molecular weight is 358 g/mol. The highest BCUT2D eigenvalue weighted by Gasteiger charge is 2.11. The molecule has 1 unspecified atom stereocenters. The van der Waals surface area contributed by atoms with Crippen LogP contribution in [0.15, 0.2) is 48.1 Å². The normalized spacial score (nSPS) is 26.8. The minimum absolute atomic E-state index is 0.272. The van der Waals surface area contributed by atoms with E-state index in [9.17, 15) is 4.79 Å². The number of fused-ring (bicyclic) bond motifs is 2. The molecule has 0 aromatic rings. The van der Waals surface area contributed by atoms with E-state index in [1.165, 1.54) is 32.1 Å². The predicted molar refractivity (Wildman–Crippen MR) is 108 cm³/mol. The van der Waals surface area contributed by atoms with Crippen molar-refractivity contribution in [3.05, 3.63) is 48.1 Å². The number of nitrogens with two attached hydrogens (primary N) is 1. The number of carbonyl (C=O) groups is 1. The van der Waals surface area contributed by atoms with Crippen LogP contribution in [0.1, 0.15) is 57.8 Å². The van der Waals surface area contributed by atoms with Crippen molar-refractivity contribution in [2.45, 2.75) is 63.9 Å². The third-order valence-corrected chi connectivity index (χ3v) is 4.75. The lowest BCUT2D eigenvalue weighted by Crippen LogP contribution is -2.20. The summed E-state index contributed by atoms with van der Waals surface area (Å²) in [4.78, 5) is 11.0. The van der Waals surface area contributed by atoms with Crippen molar-refractivity contribution in [1.82, 2.24) is 0 Å². The summed E-state index contributed by atoms with van der Waals surface area (Å²) < 4.78 is 7.60. The van der Waals surface area contributed by atoms with Gasteiger partial charge in [-0.25, -0.2) is 9.37 Å². The van der Waals surface area contributed by atoms with E-state index in [1.54, 1.807) is 5.57 Å². The van der Waals surface area contributed by atoms with Crippen LogP contribution in [0.5, 0.6) is 0 Å². The quantitative estimate of drug-likeness (QED) is 0.548. The smallest absolute Gasteiger partial charge is 0.405 e. The fraction of sp³-hybridized carbons (Fsp3) is 0.545. The number of allylic oxidation sites excluding steroid dienone is 4. The fourth-order valence-electron chi connectivity index (χ4n) is 3.35. The van der Waals surface area contributed by atoms with Gasteiger partial charge in [-0.15, -0.1) is 0 Å². The Kier molecular flexibility index (Phi) is 9.55. The standard InChI is InChI=1S/C22H32N2O2/c23-22(25)26-21-15-9-5-2-1-4-8-13-20-14-12-18-24(19-20)17-11-7-3-6-10-16-21/h3,6-7,9-10,14-15,18,21H,1-2,4-5,8,11-13,16-17,19H2,(H-,23,25)/p+1/b7-3+,10-6+,15-9+. The molecule has 1 atom stereocenters. The lowest BCUT2D eigenvalue weighted by atomic mass is 10.0. The Morgan fingerprint density at radius 3 is 2.81 bits per heavy atom. The van der Waals surface area contributed by atoms with Crippen LogP contribution in [0.2, 0.25) is 0 Å². The van der Waals surface area contributed by atoms with Gasteiger partial charge in [0.05, 0.1) is 0 Å². The molecular formula is C22H33N2O2+. The van der Waals surface area contributed by atoms with Crippen molar-refractivity contribution in [3.63, 3.8) is 0 Å². The van der Waals surface area contributed by atoms with Crippen LogP contribution in [0.4, 0.5) is 4.79 Å². The maximum Gasteiger partial charge on any atom is 0.405 e. The molecule has 142 valence electrons. The van der Waals surface area contributed by atoms with E-state index in [1.807, 2.05) is 18.2 Å². The van der Waals surface area contributed by atoms with Gasteiger partial charge in [-0.3, -0.25) is 0 Å². The summed E-state index contributed by atoms with van der Waals surface area (Å²) in [6.07, 6.45) is 26.1. The molecular weight excluding hydrogens is 324 g/mol. The largest absolute Gasteiger partial charge is 0.442 e. The summed E-state index contributed by atoms with van der Waals surface area (Å²) in [7, 11) is 0. The Bertz CT molecular complexity index is 585. The summed E-state index contributed by atoms with van der Waals surface area (Å²) >= 11 is 0. The first-order valence-corrected chi connectivity index (χ1v) is 9.94. The molecule has 0 fully saturated rings. The highest BCUT2D eigenvalue weighted by molar-refractivity contribution is 5.65. The zero-order valence-electron chi connectivity index (χ0n) is 15.8. The lowest BCUT2D eigenvalue weighted by molar-refractivity contribution is -0.516. The fourth-order valence-corrected chi connectivity index (χ4v) is 3.35. The summed E-state index contributed by atoms with van der Waals surface area (Å²) in [6, 6.07) is 0. The van der Waals surface area contributed by atoms with Gasteiger partial charge in [0.1, 0.15) is 18.9 Å². The number of hydrogen-bond donors (Lipinski definition) is 1. The summed E-state index contributed by atoms with van der Waals surface area (Å²) in [5.74, 6) is 0. The van der Waals surface area contributed by atoms with E-state index in [0.29, 0.717) is 6.42 Å². The van der Waals surface area contributed by atoms with E-state index < -0.39 is 6.09 Å². The molecule has 2 N–H and O–H groups in total. The van der Waals surface area contributed by atoms with E-state index in [0.717, 1.165) is 32.4 Å². The van der Waals surface area contributed by atoms with Crippen molar-refractivity contribution < 1.29 is 14.1 Å². The van der Waals surface area contributed by atoms with Gasteiger partial charge in [-0.2, -0.15) is 0 Å². The van der Waals surface area contributed by atoms with Crippen LogP contribution in [0.25, 0.3) is 0 Å². The first kappa shape index (κ1) is 20.2. The van der Waals surface area contributed by atoms with Crippen LogP contribution in [0.3, 0.4) is 0 Å². The second-order valence-corrected chi connectivity index (χ2v) is 6.99. The molecule has 26 heavy (non-hydrogen) atoms. The molecule has 0 saturated heterocycles. The van der Waals surface area contributed by atoms with Crippen molar-refractivity contribution in [3.8, 4) is 0 Å². The van der Waals surface area contributed by atoms with Gasteiger partial charge < -0.3 is 10.5 Å². The third kappa shape index (κ3) is 8.84. The van der Waals surface area contributed by atoms with Gasteiger partial charge in [0.2, 0.25) is 0 Å². The molecule has 0 saturated carbocycles.